The molecule has 1 aliphatic rings. The van der Waals surface area contributed by atoms with E-state index in [9.17, 15) is 4.79 Å². The Bertz CT molecular complexity index is 1290. The van der Waals surface area contributed by atoms with Crippen LogP contribution in [0.5, 0.6) is 0 Å². The molecule has 0 bridgehead atoms. The van der Waals surface area contributed by atoms with Gasteiger partial charge in [-0.3, -0.25) is 4.79 Å². The highest BCUT2D eigenvalue weighted by molar-refractivity contribution is 5.96. The fraction of sp³-hybridized carbons (Fsp3) is 0.281. The number of hydrogen-bond donors (Lipinski definition) is 1. The second-order valence-corrected chi connectivity index (χ2v) is 9.52. The summed E-state index contributed by atoms with van der Waals surface area (Å²) in [7, 11) is 0. The van der Waals surface area contributed by atoms with Gasteiger partial charge in [-0.05, 0) is 61.3 Å². The van der Waals surface area contributed by atoms with E-state index in [0.29, 0.717) is 12.2 Å². The number of H-pyrrole nitrogens is 1. The number of aryl methyl sites for hydroxylation is 2. The summed E-state index contributed by atoms with van der Waals surface area (Å²) in [6.45, 7) is 1.98. The number of fused-ring (bicyclic) bond motifs is 1. The number of carbonyl (C=O) groups excluding carboxylic acids is 1. The Balaban J connectivity index is 1.35. The summed E-state index contributed by atoms with van der Waals surface area (Å²) in [6, 6.07) is 29.5. The van der Waals surface area contributed by atoms with Crippen molar-refractivity contribution in [2.24, 2.45) is 0 Å². The van der Waals surface area contributed by atoms with Crippen molar-refractivity contribution in [2.75, 3.05) is 13.1 Å². The van der Waals surface area contributed by atoms with Crippen molar-refractivity contribution in [3.05, 3.63) is 119 Å². The lowest BCUT2D eigenvalue weighted by molar-refractivity contribution is -0.116. The van der Waals surface area contributed by atoms with Crippen LogP contribution in [-0.4, -0.2) is 28.8 Å². The average Bonchev–Trinajstić information content (AvgIpc) is 3.33. The number of aromatic nitrogens is 1. The van der Waals surface area contributed by atoms with Gasteiger partial charge < -0.3 is 9.88 Å². The molecule has 0 aliphatic carbocycles. The fourth-order valence-corrected chi connectivity index (χ4v) is 5.33. The Morgan fingerprint density at radius 3 is 2.23 bits per heavy atom. The van der Waals surface area contributed by atoms with E-state index in [4.69, 9.17) is 0 Å². The van der Waals surface area contributed by atoms with Gasteiger partial charge in [0.05, 0.1) is 0 Å². The molecule has 2 heterocycles. The Morgan fingerprint density at radius 1 is 0.771 bits per heavy atom. The molecule has 3 nitrogen and oxygen atoms in total. The SMILES string of the molecule is O=C(CCc1ccccc1)C1=C(CCc2ccccc2)N(CCc2c[nH]c3ccccc23)CCC1. The zero-order valence-corrected chi connectivity index (χ0v) is 20.4. The molecule has 0 amide bonds. The molecule has 0 atom stereocenters. The molecular weight excluding hydrogens is 428 g/mol. The maximum Gasteiger partial charge on any atom is 0.160 e. The number of carbonyl (C=O) groups is 1. The van der Waals surface area contributed by atoms with Crippen LogP contribution in [0.15, 0.2) is 102 Å². The molecule has 0 spiro atoms. The summed E-state index contributed by atoms with van der Waals surface area (Å²) >= 11 is 0. The van der Waals surface area contributed by atoms with Crippen LogP contribution in [0.25, 0.3) is 10.9 Å². The van der Waals surface area contributed by atoms with E-state index in [1.807, 2.05) is 6.07 Å². The van der Waals surface area contributed by atoms with E-state index < -0.39 is 0 Å². The van der Waals surface area contributed by atoms with Gasteiger partial charge >= 0.3 is 0 Å². The van der Waals surface area contributed by atoms with Crippen molar-refractivity contribution < 1.29 is 4.79 Å². The van der Waals surface area contributed by atoms with Crippen LogP contribution in [0, 0.1) is 0 Å². The molecular formula is C32H34N2O. The molecule has 0 unspecified atom stereocenters. The van der Waals surface area contributed by atoms with Crippen LogP contribution in [0.4, 0.5) is 0 Å². The first-order chi connectivity index (χ1) is 17.3. The lowest BCUT2D eigenvalue weighted by atomic mass is 9.91. The largest absolute Gasteiger partial charge is 0.374 e. The fourth-order valence-electron chi connectivity index (χ4n) is 5.33. The predicted molar refractivity (Wildman–Crippen MR) is 144 cm³/mol. The standard InChI is InChI=1S/C32H34N2O/c35-32(20-18-26-12-5-2-6-13-26)29-15-9-22-34(31(29)19-17-25-10-3-1-4-11-25)23-21-27-24-33-30-16-8-7-14-28(27)30/h1-8,10-14,16,24,33H,9,15,17-23H2. The first-order valence-electron chi connectivity index (χ1n) is 12.9. The maximum absolute atomic E-state index is 13.5. The zero-order valence-electron chi connectivity index (χ0n) is 20.4. The summed E-state index contributed by atoms with van der Waals surface area (Å²) in [4.78, 5) is 19.4. The second-order valence-electron chi connectivity index (χ2n) is 9.52. The number of rotatable bonds is 10. The van der Waals surface area contributed by atoms with Crippen LogP contribution >= 0.6 is 0 Å². The highest BCUT2D eigenvalue weighted by Crippen LogP contribution is 2.29. The van der Waals surface area contributed by atoms with Crippen molar-refractivity contribution in [1.29, 1.82) is 0 Å². The van der Waals surface area contributed by atoms with E-state index in [1.165, 1.54) is 33.3 Å². The summed E-state index contributed by atoms with van der Waals surface area (Å²) in [6.07, 6.45) is 8.36. The quantitative estimate of drug-likeness (QED) is 0.278. The number of Topliss-reactive ketones (excluding diaryl/α,β-unsaturated/α-hetero) is 1. The monoisotopic (exact) mass is 462 g/mol. The molecule has 0 saturated heterocycles. The average molecular weight is 463 g/mol. The van der Waals surface area contributed by atoms with Crippen LogP contribution in [0.2, 0.25) is 0 Å². The topological polar surface area (TPSA) is 36.1 Å². The van der Waals surface area contributed by atoms with Crippen LogP contribution in [-0.2, 0) is 24.1 Å². The lowest BCUT2D eigenvalue weighted by Crippen LogP contribution is -2.33. The summed E-state index contributed by atoms with van der Waals surface area (Å²) < 4.78 is 0. The molecule has 4 aromatic rings. The van der Waals surface area contributed by atoms with Crippen molar-refractivity contribution in [1.82, 2.24) is 9.88 Å². The zero-order chi connectivity index (χ0) is 23.9. The lowest BCUT2D eigenvalue weighted by Gasteiger charge is -2.34. The van der Waals surface area contributed by atoms with Gasteiger partial charge in [-0.2, -0.15) is 0 Å². The van der Waals surface area contributed by atoms with E-state index in [-0.39, 0.29) is 0 Å². The summed E-state index contributed by atoms with van der Waals surface area (Å²) in [5.74, 6) is 0.328. The molecule has 0 saturated carbocycles. The summed E-state index contributed by atoms with van der Waals surface area (Å²) in [5.41, 5.74) is 7.46. The first kappa shape index (κ1) is 23.2. The molecule has 3 heteroatoms. The molecule has 0 fully saturated rings. The van der Waals surface area contributed by atoms with Crippen LogP contribution < -0.4 is 0 Å². The Morgan fingerprint density at radius 2 is 1.46 bits per heavy atom. The van der Waals surface area contributed by atoms with Gasteiger partial charge in [0.1, 0.15) is 0 Å². The number of allylic oxidation sites excluding steroid dienone is 2. The number of ketones is 1. The second kappa shape index (κ2) is 11.2. The van der Waals surface area contributed by atoms with E-state index >= 15 is 0 Å². The molecule has 1 aromatic heterocycles. The van der Waals surface area contributed by atoms with Gasteiger partial charge in [0.25, 0.3) is 0 Å². The first-order valence-corrected chi connectivity index (χ1v) is 12.9. The molecule has 178 valence electrons. The smallest absolute Gasteiger partial charge is 0.160 e. The van der Waals surface area contributed by atoms with E-state index in [1.54, 1.807) is 0 Å². The van der Waals surface area contributed by atoms with Gasteiger partial charge in [-0.15, -0.1) is 0 Å². The Hall–Kier alpha value is -3.59. The van der Waals surface area contributed by atoms with Crippen molar-refractivity contribution in [2.45, 2.75) is 44.9 Å². The molecule has 1 N–H and O–H groups in total. The number of para-hydroxylation sites is 1. The third kappa shape index (κ3) is 5.74. The minimum Gasteiger partial charge on any atom is -0.374 e. The van der Waals surface area contributed by atoms with E-state index in [0.717, 1.165) is 57.2 Å². The van der Waals surface area contributed by atoms with Gasteiger partial charge in [-0.1, -0.05) is 78.9 Å². The number of nitrogens with zero attached hydrogens (tertiary/aromatic N) is 1. The molecule has 5 rings (SSSR count). The Labute approximate surface area is 208 Å². The van der Waals surface area contributed by atoms with Crippen molar-refractivity contribution in [3.63, 3.8) is 0 Å². The highest BCUT2D eigenvalue weighted by Gasteiger charge is 2.24. The van der Waals surface area contributed by atoms with Gasteiger partial charge in [0.2, 0.25) is 0 Å². The van der Waals surface area contributed by atoms with E-state index in [2.05, 4.69) is 94.9 Å². The number of hydrogen-bond acceptors (Lipinski definition) is 2. The number of benzene rings is 3. The maximum atomic E-state index is 13.5. The normalized spacial score (nSPS) is 14.0. The van der Waals surface area contributed by atoms with Gasteiger partial charge in [-0.25, -0.2) is 0 Å². The number of aromatic amines is 1. The van der Waals surface area contributed by atoms with Crippen molar-refractivity contribution in [3.8, 4) is 0 Å². The molecule has 1 aliphatic heterocycles. The molecule has 35 heavy (non-hydrogen) atoms. The third-order valence-corrected chi connectivity index (χ3v) is 7.22. The summed E-state index contributed by atoms with van der Waals surface area (Å²) in [5, 5.41) is 1.30. The molecule has 3 aromatic carbocycles. The van der Waals surface area contributed by atoms with Crippen LogP contribution in [0.1, 0.15) is 42.4 Å². The van der Waals surface area contributed by atoms with Gasteiger partial charge in [0, 0.05) is 47.9 Å². The Kier molecular flexibility index (Phi) is 7.43. The number of nitrogens with one attached hydrogen (secondary N) is 1. The molecule has 0 radical (unpaired) electrons. The minimum atomic E-state index is 0.328. The predicted octanol–water partition coefficient (Wildman–Crippen LogP) is 6.90. The third-order valence-electron chi connectivity index (χ3n) is 7.22. The highest BCUT2D eigenvalue weighted by atomic mass is 16.1. The van der Waals surface area contributed by atoms with Crippen molar-refractivity contribution >= 4 is 16.7 Å². The minimum absolute atomic E-state index is 0.328. The van der Waals surface area contributed by atoms with Crippen LogP contribution in [0.3, 0.4) is 0 Å². The van der Waals surface area contributed by atoms with Gasteiger partial charge in [0.15, 0.2) is 5.78 Å².